The van der Waals surface area contributed by atoms with E-state index in [4.69, 9.17) is 11.6 Å². The van der Waals surface area contributed by atoms with Crippen molar-refractivity contribution in [2.24, 2.45) is 5.92 Å². The lowest BCUT2D eigenvalue weighted by Crippen LogP contribution is -2.22. The molecule has 0 radical (unpaired) electrons. The third kappa shape index (κ3) is 2.67. The number of nitrogens with zero attached hydrogens (tertiary/aromatic N) is 1. The van der Waals surface area contributed by atoms with E-state index in [0.717, 1.165) is 6.20 Å². The lowest BCUT2D eigenvalue weighted by Gasteiger charge is -2.09. The molecule has 1 aromatic heterocycles. The van der Waals surface area contributed by atoms with Gasteiger partial charge >= 0.3 is 0 Å². The molecule has 0 aliphatic carbocycles. The normalized spacial score (nSPS) is 12.2. The first-order valence-corrected chi connectivity index (χ1v) is 4.65. The van der Waals surface area contributed by atoms with Gasteiger partial charge in [-0.15, -0.1) is 11.6 Å². The molecule has 0 spiro atoms. The summed E-state index contributed by atoms with van der Waals surface area (Å²) in [5.74, 6) is -0.990. The predicted molar refractivity (Wildman–Crippen MR) is 52.7 cm³/mol. The molecular weight excluding hydrogens is 207 g/mol. The van der Waals surface area contributed by atoms with Crippen LogP contribution in [0.25, 0.3) is 0 Å². The monoisotopic (exact) mass is 216 g/mol. The second kappa shape index (κ2) is 4.91. The van der Waals surface area contributed by atoms with E-state index in [2.05, 4.69) is 10.3 Å². The lowest BCUT2D eigenvalue weighted by molar-refractivity contribution is -0.118. The van der Waals surface area contributed by atoms with Crippen molar-refractivity contribution in [3.8, 4) is 0 Å². The summed E-state index contributed by atoms with van der Waals surface area (Å²) in [7, 11) is 0. The average molecular weight is 217 g/mol. The number of nitrogens with one attached hydrogen (secondary N) is 1. The standard InChI is InChI=1S/C9H10ClFN2O/c1-6(4-10)9(14)13-8-2-3-12-5-7(8)11/h2-3,5-6H,4H2,1H3,(H,12,13,14). The Labute approximate surface area is 86.3 Å². The quantitative estimate of drug-likeness (QED) is 0.786. The average Bonchev–Trinajstić information content (AvgIpc) is 2.20. The summed E-state index contributed by atoms with van der Waals surface area (Å²) in [6.07, 6.45) is 2.45. The minimum Gasteiger partial charge on any atom is -0.323 e. The van der Waals surface area contributed by atoms with Gasteiger partial charge in [0.05, 0.1) is 11.9 Å². The highest BCUT2D eigenvalue weighted by Crippen LogP contribution is 2.12. The molecule has 1 amide bonds. The first-order valence-electron chi connectivity index (χ1n) is 4.11. The molecule has 0 bridgehead atoms. The molecule has 0 aliphatic rings. The van der Waals surface area contributed by atoms with Crippen molar-refractivity contribution in [2.45, 2.75) is 6.92 Å². The molecule has 1 N–H and O–H groups in total. The van der Waals surface area contributed by atoms with Gasteiger partial charge in [0.2, 0.25) is 5.91 Å². The van der Waals surface area contributed by atoms with E-state index in [-0.39, 0.29) is 23.4 Å². The molecule has 1 unspecified atom stereocenters. The van der Waals surface area contributed by atoms with Crippen LogP contribution in [0.3, 0.4) is 0 Å². The minimum atomic E-state index is -0.553. The molecule has 0 fully saturated rings. The Hall–Kier alpha value is -1.16. The van der Waals surface area contributed by atoms with E-state index in [1.54, 1.807) is 6.92 Å². The number of amides is 1. The number of hydrogen-bond acceptors (Lipinski definition) is 2. The smallest absolute Gasteiger partial charge is 0.228 e. The van der Waals surface area contributed by atoms with Gasteiger partial charge in [0.25, 0.3) is 0 Å². The van der Waals surface area contributed by atoms with Gasteiger partial charge in [-0.2, -0.15) is 0 Å². The van der Waals surface area contributed by atoms with Gasteiger partial charge in [-0.25, -0.2) is 4.39 Å². The number of carbonyl (C=O) groups is 1. The van der Waals surface area contributed by atoms with E-state index >= 15 is 0 Å². The number of halogens is 2. The fraction of sp³-hybridized carbons (Fsp3) is 0.333. The Morgan fingerprint density at radius 3 is 3.07 bits per heavy atom. The molecule has 1 heterocycles. The van der Waals surface area contributed by atoms with Crippen molar-refractivity contribution < 1.29 is 9.18 Å². The fourth-order valence-corrected chi connectivity index (χ4v) is 0.943. The summed E-state index contributed by atoms with van der Waals surface area (Å²) in [5, 5.41) is 2.42. The first-order chi connectivity index (χ1) is 6.65. The Bertz CT molecular complexity index is 332. The summed E-state index contributed by atoms with van der Waals surface area (Å²) in [5.41, 5.74) is 0.127. The fourth-order valence-electron chi connectivity index (χ4n) is 0.803. The Balaban J connectivity index is 2.70. The van der Waals surface area contributed by atoms with Crippen molar-refractivity contribution in [1.82, 2.24) is 4.98 Å². The zero-order chi connectivity index (χ0) is 10.6. The molecule has 5 heteroatoms. The maximum atomic E-state index is 13.0. The second-order valence-corrected chi connectivity index (χ2v) is 3.21. The lowest BCUT2D eigenvalue weighted by atomic mass is 10.2. The van der Waals surface area contributed by atoms with Crippen LogP contribution >= 0.6 is 11.6 Å². The van der Waals surface area contributed by atoms with Crippen LogP contribution in [0.15, 0.2) is 18.5 Å². The topological polar surface area (TPSA) is 42.0 Å². The molecule has 3 nitrogen and oxygen atoms in total. The Morgan fingerprint density at radius 1 is 1.79 bits per heavy atom. The maximum Gasteiger partial charge on any atom is 0.228 e. The molecule has 0 saturated heterocycles. The third-order valence-corrected chi connectivity index (χ3v) is 2.17. The van der Waals surface area contributed by atoms with E-state index in [0.29, 0.717) is 0 Å². The molecule has 1 atom stereocenters. The van der Waals surface area contributed by atoms with Gasteiger partial charge in [-0.05, 0) is 6.07 Å². The number of aromatic nitrogens is 1. The van der Waals surface area contributed by atoms with Crippen LogP contribution in [0, 0.1) is 11.7 Å². The molecule has 0 saturated carbocycles. The number of hydrogen-bond donors (Lipinski definition) is 1. The first kappa shape index (κ1) is 10.9. The molecular formula is C9H10ClFN2O. The Morgan fingerprint density at radius 2 is 2.50 bits per heavy atom. The molecule has 1 rings (SSSR count). The minimum absolute atomic E-state index is 0.127. The summed E-state index contributed by atoms with van der Waals surface area (Å²) >= 11 is 5.49. The highest BCUT2D eigenvalue weighted by atomic mass is 35.5. The van der Waals surface area contributed by atoms with Crippen LogP contribution < -0.4 is 5.32 Å². The summed E-state index contributed by atoms with van der Waals surface area (Å²) in [6, 6.07) is 1.40. The van der Waals surface area contributed by atoms with E-state index in [1.165, 1.54) is 12.3 Å². The van der Waals surface area contributed by atoms with Gasteiger partial charge in [0.15, 0.2) is 5.82 Å². The van der Waals surface area contributed by atoms with Gasteiger partial charge in [-0.1, -0.05) is 6.92 Å². The van der Waals surface area contributed by atoms with Crippen molar-refractivity contribution in [3.63, 3.8) is 0 Å². The van der Waals surface area contributed by atoms with Gasteiger partial charge in [0, 0.05) is 18.0 Å². The number of pyridine rings is 1. The molecule has 0 aliphatic heterocycles. The number of rotatable bonds is 3. The molecule has 0 aromatic carbocycles. The van der Waals surface area contributed by atoms with Crippen molar-refractivity contribution in [3.05, 3.63) is 24.3 Å². The number of anilines is 1. The summed E-state index contributed by atoms with van der Waals surface area (Å²) < 4.78 is 13.0. The van der Waals surface area contributed by atoms with E-state index in [1.807, 2.05) is 0 Å². The zero-order valence-electron chi connectivity index (χ0n) is 7.63. The van der Waals surface area contributed by atoms with Gasteiger partial charge in [-0.3, -0.25) is 9.78 Å². The van der Waals surface area contributed by atoms with Crippen LogP contribution in [0.4, 0.5) is 10.1 Å². The molecule has 76 valence electrons. The summed E-state index contributed by atoms with van der Waals surface area (Å²) in [4.78, 5) is 14.9. The van der Waals surface area contributed by atoms with E-state index < -0.39 is 5.82 Å². The van der Waals surface area contributed by atoms with Crippen LogP contribution in [0.5, 0.6) is 0 Å². The van der Waals surface area contributed by atoms with Crippen LogP contribution in [-0.4, -0.2) is 16.8 Å². The largest absolute Gasteiger partial charge is 0.323 e. The third-order valence-electron chi connectivity index (χ3n) is 1.71. The Kier molecular flexibility index (Phi) is 3.83. The van der Waals surface area contributed by atoms with Gasteiger partial charge < -0.3 is 5.32 Å². The SMILES string of the molecule is CC(CCl)C(=O)Nc1ccncc1F. The zero-order valence-corrected chi connectivity index (χ0v) is 8.38. The van der Waals surface area contributed by atoms with Crippen molar-refractivity contribution in [1.29, 1.82) is 0 Å². The number of alkyl halides is 1. The maximum absolute atomic E-state index is 13.0. The van der Waals surface area contributed by atoms with E-state index in [9.17, 15) is 9.18 Å². The van der Waals surface area contributed by atoms with Crippen molar-refractivity contribution >= 4 is 23.2 Å². The van der Waals surface area contributed by atoms with Gasteiger partial charge in [0.1, 0.15) is 0 Å². The number of carbonyl (C=O) groups excluding carboxylic acids is 1. The van der Waals surface area contributed by atoms with Crippen LogP contribution in [0.2, 0.25) is 0 Å². The predicted octanol–water partition coefficient (Wildman–Crippen LogP) is 2.03. The highest BCUT2D eigenvalue weighted by molar-refractivity contribution is 6.19. The molecule has 14 heavy (non-hydrogen) atoms. The van der Waals surface area contributed by atoms with Crippen molar-refractivity contribution in [2.75, 3.05) is 11.2 Å². The second-order valence-electron chi connectivity index (χ2n) is 2.90. The summed E-state index contributed by atoms with van der Waals surface area (Å²) in [6.45, 7) is 1.67. The van der Waals surface area contributed by atoms with Crippen LogP contribution in [-0.2, 0) is 4.79 Å². The van der Waals surface area contributed by atoms with Crippen LogP contribution in [0.1, 0.15) is 6.92 Å². The molecule has 1 aromatic rings. The highest BCUT2D eigenvalue weighted by Gasteiger charge is 2.13.